The standard InChI is InChI=1S/C30H39ClN2O4/c1-30(2,3)24-25(32-18-21-15-16-22(31)17-23(21)37-4)26(19-11-7-5-8-12-19)33(27(24)29(35)36)28(34)20-13-9-6-10-14-20/h5,7-8,11-12,15-17,20,24-27,32H,6,9-10,13-14,18H2,1-4H3,(H,35,36)/t24-,25-,26-,27-/m0/s1. The summed E-state index contributed by atoms with van der Waals surface area (Å²) in [5.41, 5.74) is 1.50. The fourth-order valence-electron chi connectivity index (χ4n) is 6.38. The van der Waals surface area contributed by atoms with Gasteiger partial charge in [-0.05, 0) is 36.0 Å². The maximum Gasteiger partial charge on any atom is 0.326 e. The molecule has 4 rings (SSSR count). The molecule has 1 saturated heterocycles. The van der Waals surface area contributed by atoms with Crippen LogP contribution in [0.3, 0.4) is 0 Å². The molecule has 200 valence electrons. The summed E-state index contributed by atoms with van der Waals surface area (Å²) < 4.78 is 5.56. The average Bonchev–Trinajstić information content (AvgIpc) is 3.24. The Morgan fingerprint density at radius 1 is 1.08 bits per heavy atom. The molecule has 2 aromatic rings. The van der Waals surface area contributed by atoms with Gasteiger partial charge >= 0.3 is 5.97 Å². The van der Waals surface area contributed by atoms with Crippen molar-refractivity contribution in [2.75, 3.05) is 7.11 Å². The van der Waals surface area contributed by atoms with Gasteiger partial charge in [-0.15, -0.1) is 0 Å². The molecular formula is C30H39ClN2O4. The van der Waals surface area contributed by atoms with E-state index in [1.807, 2.05) is 42.5 Å². The third kappa shape index (κ3) is 5.80. The summed E-state index contributed by atoms with van der Waals surface area (Å²) >= 11 is 6.18. The molecule has 4 atom stereocenters. The number of carboxylic acid groups (broad SMARTS) is 1. The number of methoxy groups -OCH3 is 1. The Morgan fingerprint density at radius 3 is 2.35 bits per heavy atom. The summed E-state index contributed by atoms with van der Waals surface area (Å²) in [6.45, 7) is 6.67. The number of rotatable bonds is 7. The number of nitrogens with one attached hydrogen (secondary N) is 1. The molecular weight excluding hydrogens is 488 g/mol. The first kappa shape index (κ1) is 27.5. The zero-order valence-corrected chi connectivity index (χ0v) is 23.0. The molecule has 0 bridgehead atoms. The van der Waals surface area contributed by atoms with Gasteiger partial charge in [0.05, 0.1) is 13.2 Å². The van der Waals surface area contributed by atoms with Crippen molar-refractivity contribution < 1.29 is 19.4 Å². The van der Waals surface area contributed by atoms with Crippen molar-refractivity contribution >= 4 is 23.5 Å². The van der Waals surface area contributed by atoms with Crippen molar-refractivity contribution in [2.24, 2.45) is 17.3 Å². The van der Waals surface area contributed by atoms with Crippen LogP contribution < -0.4 is 10.1 Å². The Hall–Kier alpha value is -2.57. The van der Waals surface area contributed by atoms with Crippen LogP contribution in [0.4, 0.5) is 0 Å². The minimum atomic E-state index is -0.946. The Morgan fingerprint density at radius 2 is 1.76 bits per heavy atom. The first-order chi connectivity index (χ1) is 17.6. The van der Waals surface area contributed by atoms with E-state index in [0.29, 0.717) is 17.3 Å². The van der Waals surface area contributed by atoms with Crippen LogP contribution in [0.5, 0.6) is 5.75 Å². The van der Waals surface area contributed by atoms with Crippen molar-refractivity contribution in [3.63, 3.8) is 0 Å². The first-order valence-electron chi connectivity index (χ1n) is 13.3. The van der Waals surface area contributed by atoms with Crippen LogP contribution in [0.2, 0.25) is 5.02 Å². The van der Waals surface area contributed by atoms with Gasteiger partial charge in [-0.1, -0.05) is 88.0 Å². The van der Waals surface area contributed by atoms with E-state index in [1.54, 1.807) is 18.1 Å². The second-order valence-corrected chi connectivity index (χ2v) is 11.9. The zero-order valence-electron chi connectivity index (χ0n) is 22.2. The number of hydrogen-bond donors (Lipinski definition) is 2. The quantitative estimate of drug-likeness (QED) is 0.456. The third-order valence-electron chi connectivity index (χ3n) is 8.05. The summed E-state index contributed by atoms with van der Waals surface area (Å²) in [4.78, 5) is 28.8. The molecule has 1 saturated carbocycles. The molecule has 37 heavy (non-hydrogen) atoms. The lowest BCUT2D eigenvalue weighted by Crippen LogP contribution is -2.49. The van der Waals surface area contributed by atoms with E-state index in [4.69, 9.17) is 16.3 Å². The number of amides is 1. The number of nitrogens with zero attached hydrogens (tertiary/aromatic N) is 1. The van der Waals surface area contributed by atoms with Gasteiger partial charge in [0, 0.05) is 35.0 Å². The van der Waals surface area contributed by atoms with Gasteiger partial charge in [0.2, 0.25) is 5.91 Å². The molecule has 1 aliphatic carbocycles. The number of halogens is 1. The highest BCUT2D eigenvalue weighted by Gasteiger charge is 2.58. The SMILES string of the molecule is COc1cc(Cl)ccc1CN[C@H]1[C@H](C(C)(C)C)[C@@H](C(=O)O)N(C(=O)C2CCCCC2)[C@H]1c1ccccc1. The number of ether oxygens (including phenoxy) is 1. The number of carboxylic acids is 1. The van der Waals surface area contributed by atoms with Gasteiger partial charge in [0.25, 0.3) is 0 Å². The lowest BCUT2D eigenvalue weighted by Gasteiger charge is -2.36. The molecule has 2 N–H and O–H groups in total. The molecule has 1 amide bonds. The van der Waals surface area contributed by atoms with Gasteiger partial charge in [-0.2, -0.15) is 0 Å². The lowest BCUT2D eigenvalue weighted by molar-refractivity contribution is -0.154. The van der Waals surface area contributed by atoms with Gasteiger partial charge < -0.3 is 20.1 Å². The van der Waals surface area contributed by atoms with Gasteiger partial charge in [0.15, 0.2) is 0 Å². The Labute approximate surface area is 225 Å². The molecule has 1 aliphatic heterocycles. The zero-order chi connectivity index (χ0) is 26.7. The van der Waals surface area contributed by atoms with Crippen LogP contribution in [0.1, 0.15) is 70.0 Å². The van der Waals surface area contributed by atoms with Crippen molar-refractivity contribution in [3.8, 4) is 5.75 Å². The van der Waals surface area contributed by atoms with Crippen LogP contribution in [-0.2, 0) is 16.1 Å². The van der Waals surface area contributed by atoms with E-state index >= 15 is 0 Å². The van der Waals surface area contributed by atoms with Crippen molar-refractivity contribution in [1.29, 1.82) is 0 Å². The van der Waals surface area contributed by atoms with Crippen LogP contribution in [-0.4, -0.2) is 41.1 Å². The molecule has 0 spiro atoms. The molecule has 0 unspecified atom stereocenters. The van der Waals surface area contributed by atoms with Crippen molar-refractivity contribution in [2.45, 2.75) is 77.5 Å². The summed E-state index contributed by atoms with van der Waals surface area (Å²) in [6.07, 6.45) is 4.80. The van der Waals surface area contributed by atoms with Crippen molar-refractivity contribution in [1.82, 2.24) is 10.2 Å². The van der Waals surface area contributed by atoms with Crippen LogP contribution in [0.15, 0.2) is 48.5 Å². The van der Waals surface area contributed by atoms with E-state index < -0.39 is 18.1 Å². The van der Waals surface area contributed by atoms with Crippen LogP contribution in [0.25, 0.3) is 0 Å². The Bertz CT molecular complexity index is 1090. The summed E-state index contributed by atoms with van der Waals surface area (Å²) in [7, 11) is 1.61. The summed E-state index contributed by atoms with van der Waals surface area (Å²) in [5, 5.41) is 14.9. The molecule has 1 heterocycles. The highest BCUT2D eigenvalue weighted by molar-refractivity contribution is 6.30. The van der Waals surface area contributed by atoms with Crippen molar-refractivity contribution in [3.05, 3.63) is 64.7 Å². The maximum absolute atomic E-state index is 14.1. The van der Waals surface area contributed by atoms with Crippen LogP contribution >= 0.6 is 11.6 Å². The lowest BCUT2D eigenvalue weighted by atomic mass is 9.72. The fourth-order valence-corrected chi connectivity index (χ4v) is 6.54. The number of hydrogen-bond acceptors (Lipinski definition) is 4. The van der Waals surface area contributed by atoms with Gasteiger partial charge in [-0.25, -0.2) is 4.79 Å². The van der Waals surface area contributed by atoms with Gasteiger partial charge in [0.1, 0.15) is 11.8 Å². The Balaban J connectivity index is 1.79. The minimum Gasteiger partial charge on any atom is -0.496 e. The third-order valence-corrected chi connectivity index (χ3v) is 8.28. The van der Waals surface area contributed by atoms with Crippen LogP contribution in [0, 0.1) is 17.3 Å². The second-order valence-electron chi connectivity index (χ2n) is 11.5. The summed E-state index contributed by atoms with van der Waals surface area (Å²) in [5.74, 6) is -0.743. The Kier molecular flexibility index (Phi) is 8.49. The van der Waals surface area contributed by atoms with E-state index in [0.717, 1.165) is 43.2 Å². The number of carbonyl (C=O) groups is 2. The first-order valence-corrected chi connectivity index (χ1v) is 13.7. The molecule has 0 aromatic heterocycles. The topological polar surface area (TPSA) is 78.9 Å². The highest BCUT2D eigenvalue weighted by Crippen LogP contribution is 2.49. The van der Waals surface area contributed by atoms with E-state index in [-0.39, 0.29) is 29.2 Å². The average molecular weight is 527 g/mol. The smallest absolute Gasteiger partial charge is 0.326 e. The molecule has 6 nitrogen and oxygen atoms in total. The van der Waals surface area contributed by atoms with E-state index in [1.165, 1.54) is 0 Å². The van der Waals surface area contributed by atoms with E-state index in [9.17, 15) is 14.7 Å². The summed E-state index contributed by atoms with van der Waals surface area (Å²) in [6, 6.07) is 13.8. The maximum atomic E-state index is 14.1. The minimum absolute atomic E-state index is 0.0245. The molecule has 2 aromatic carbocycles. The van der Waals surface area contributed by atoms with Gasteiger partial charge in [-0.3, -0.25) is 4.79 Å². The fraction of sp³-hybridized carbons (Fsp3) is 0.533. The normalized spacial score (nSPS) is 24.7. The van der Waals surface area contributed by atoms with E-state index in [2.05, 4.69) is 26.1 Å². The molecule has 2 aliphatic rings. The number of aliphatic carboxylic acids is 1. The number of likely N-dealkylation sites (tertiary alicyclic amines) is 1. The number of benzene rings is 2. The highest BCUT2D eigenvalue weighted by atomic mass is 35.5. The monoisotopic (exact) mass is 526 g/mol. The predicted octanol–water partition coefficient (Wildman–Crippen LogP) is 6.09. The number of carbonyl (C=O) groups excluding carboxylic acids is 1. The molecule has 7 heteroatoms. The molecule has 2 fully saturated rings. The molecule has 0 radical (unpaired) electrons. The second kappa shape index (κ2) is 11.4. The largest absolute Gasteiger partial charge is 0.496 e. The predicted molar refractivity (Wildman–Crippen MR) is 146 cm³/mol.